The summed E-state index contributed by atoms with van der Waals surface area (Å²) in [6.07, 6.45) is 3.24. The quantitative estimate of drug-likeness (QED) is 0.0791. The van der Waals surface area contributed by atoms with Crippen LogP contribution in [0.25, 0.3) is 67.3 Å². The summed E-state index contributed by atoms with van der Waals surface area (Å²) < 4.78 is 5.09. The summed E-state index contributed by atoms with van der Waals surface area (Å²) in [5.41, 5.74) is 14.8. The van der Waals surface area contributed by atoms with Crippen LogP contribution in [-0.2, 0) is 13.1 Å². The van der Waals surface area contributed by atoms with Gasteiger partial charge in [0, 0.05) is 59.4 Å². The van der Waals surface area contributed by atoms with Gasteiger partial charge in [0.05, 0.1) is 0 Å². The van der Waals surface area contributed by atoms with Crippen molar-refractivity contribution >= 4 is 0 Å². The first-order valence-electron chi connectivity index (χ1n) is 18.8. The van der Waals surface area contributed by atoms with E-state index in [-0.39, 0.29) is 48.0 Å². The van der Waals surface area contributed by atoms with E-state index in [0.717, 1.165) is 32.4 Å². The number of rotatable bonds is 12. The molecule has 0 aliphatic carbocycles. The molecule has 6 aromatic carbocycles. The molecule has 0 spiro atoms. The molecule has 8 rings (SSSR count). The number of pyridine rings is 2. The lowest BCUT2D eigenvalue weighted by Gasteiger charge is -2.14. The maximum Gasteiger partial charge on any atom is 0.213 e. The first-order valence-corrected chi connectivity index (χ1v) is 18.8. The van der Waals surface area contributed by atoms with Crippen LogP contribution in [0.3, 0.4) is 0 Å². The second kappa shape index (κ2) is 19.6. The van der Waals surface area contributed by atoms with Gasteiger partial charge >= 0.3 is 0 Å². The van der Waals surface area contributed by atoms with Crippen molar-refractivity contribution in [3.63, 3.8) is 0 Å². The van der Waals surface area contributed by atoms with E-state index in [4.69, 9.17) is 0 Å². The van der Waals surface area contributed by atoms with Gasteiger partial charge in [-0.2, -0.15) is 9.13 Å². The lowest BCUT2D eigenvalue weighted by Crippen LogP contribution is -3.00. The van der Waals surface area contributed by atoms with Gasteiger partial charge in [-0.3, -0.25) is 0 Å². The number of halogens is 2. The maximum atomic E-state index is 2.55. The van der Waals surface area contributed by atoms with E-state index in [2.05, 4.69) is 215 Å². The topological polar surface area (TPSA) is 7.76 Å². The van der Waals surface area contributed by atoms with Crippen LogP contribution >= 0.6 is 0 Å². The maximum absolute atomic E-state index is 2.55. The minimum atomic E-state index is 0. The Morgan fingerprint density at radius 1 is 0.236 bits per heavy atom. The molecule has 0 saturated carbocycles. The second-order valence-corrected chi connectivity index (χ2v) is 13.6. The molecule has 55 heavy (non-hydrogen) atoms. The average molecular weight is 939 g/mol. The highest BCUT2D eigenvalue weighted by molar-refractivity contribution is 5.75. The Labute approximate surface area is 360 Å². The van der Waals surface area contributed by atoms with Gasteiger partial charge in [0.15, 0.2) is 0 Å². The third-order valence-corrected chi connectivity index (χ3v) is 10.1. The Bertz CT molecular complexity index is 2090. The van der Waals surface area contributed by atoms with Crippen molar-refractivity contribution in [1.29, 1.82) is 0 Å². The monoisotopic (exact) mass is 938 g/mol. The fraction of sp³-hybridized carbons (Fsp3) is 0.0980. The van der Waals surface area contributed by atoms with Crippen molar-refractivity contribution in [2.45, 2.75) is 32.4 Å². The van der Waals surface area contributed by atoms with Gasteiger partial charge in [0.25, 0.3) is 0 Å². The average Bonchev–Trinajstić information content (AvgIpc) is 3.25. The van der Waals surface area contributed by atoms with Crippen molar-refractivity contribution in [2.24, 2.45) is 0 Å². The van der Waals surface area contributed by atoms with E-state index in [1.807, 2.05) is 0 Å². The summed E-state index contributed by atoms with van der Waals surface area (Å²) in [6.45, 7) is 1.86. The van der Waals surface area contributed by atoms with Gasteiger partial charge in [-0.25, -0.2) is 0 Å². The molecule has 0 aliphatic heterocycles. The summed E-state index contributed by atoms with van der Waals surface area (Å²) in [5, 5.41) is 0. The van der Waals surface area contributed by atoms with Gasteiger partial charge in [0.1, 0.15) is 13.1 Å². The van der Waals surface area contributed by atoms with Crippen molar-refractivity contribution in [2.75, 3.05) is 0 Å². The first-order chi connectivity index (χ1) is 26.3. The molecule has 0 radical (unpaired) electrons. The van der Waals surface area contributed by atoms with Crippen molar-refractivity contribution in [1.82, 2.24) is 0 Å². The highest BCUT2D eigenvalue weighted by Crippen LogP contribution is 2.31. The molecule has 4 heteroatoms. The summed E-state index contributed by atoms with van der Waals surface area (Å²) in [6, 6.07) is 74.5. The van der Waals surface area contributed by atoms with Crippen LogP contribution in [0.5, 0.6) is 0 Å². The highest BCUT2D eigenvalue weighted by Gasteiger charge is 2.24. The normalized spacial score (nSPS) is 10.6. The largest absolute Gasteiger partial charge is 1.00 e. The fourth-order valence-corrected chi connectivity index (χ4v) is 7.43. The molecule has 0 unspecified atom stereocenters. The predicted octanol–water partition coefficient (Wildman–Crippen LogP) is 6.14. The molecular formula is C51H44I2N2. The van der Waals surface area contributed by atoms with Crippen molar-refractivity contribution in [3.05, 3.63) is 206 Å². The zero-order valence-electron chi connectivity index (χ0n) is 30.8. The van der Waals surface area contributed by atoms with Gasteiger partial charge in [-0.1, -0.05) is 133 Å². The van der Waals surface area contributed by atoms with Crippen molar-refractivity contribution < 1.29 is 57.1 Å². The summed E-state index contributed by atoms with van der Waals surface area (Å²) in [4.78, 5) is 0. The summed E-state index contributed by atoms with van der Waals surface area (Å²) in [5.74, 6) is 0. The minimum Gasteiger partial charge on any atom is -1.00 e. The predicted molar refractivity (Wildman–Crippen MR) is 220 cm³/mol. The van der Waals surface area contributed by atoms with E-state index >= 15 is 0 Å². The summed E-state index contributed by atoms with van der Waals surface area (Å²) >= 11 is 0. The zero-order valence-corrected chi connectivity index (χ0v) is 35.1. The third kappa shape index (κ3) is 9.49. The summed E-state index contributed by atoms with van der Waals surface area (Å²) in [7, 11) is 0. The lowest BCUT2D eigenvalue weighted by atomic mass is 9.98. The Hall–Kier alpha value is -4.92. The SMILES string of the molecule is [I-].[I-].c1ccc(-c2cc(-c3ccccc3)[n+](CCCCC[n+]3c(-c4ccccc4)cc(-c4ccccc4)cc3-c3ccccc3)c(-c3ccccc3)c2)cc1. The molecule has 0 bridgehead atoms. The molecule has 0 N–H and O–H groups in total. The molecule has 0 saturated heterocycles. The molecule has 2 nitrogen and oxygen atoms in total. The smallest absolute Gasteiger partial charge is 0.213 e. The number of benzene rings is 6. The Balaban J connectivity index is 0.00000257. The molecule has 0 amide bonds. The zero-order chi connectivity index (χ0) is 35.7. The molecule has 0 aliphatic rings. The Morgan fingerprint density at radius 3 is 0.691 bits per heavy atom. The van der Waals surface area contributed by atoms with E-state index in [9.17, 15) is 0 Å². The highest BCUT2D eigenvalue weighted by atomic mass is 127. The Kier molecular flexibility index (Phi) is 14.2. The van der Waals surface area contributed by atoms with Crippen LogP contribution in [-0.4, -0.2) is 0 Å². The molecular weight excluding hydrogens is 894 g/mol. The van der Waals surface area contributed by atoms with E-state index in [0.29, 0.717) is 0 Å². The number of hydrogen-bond donors (Lipinski definition) is 0. The molecule has 2 aromatic heterocycles. The molecule has 8 aromatic rings. The van der Waals surface area contributed by atoms with Crippen LogP contribution in [0.1, 0.15) is 19.3 Å². The molecule has 272 valence electrons. The molecule has 0 atom stereocenters. The molecule has 0 fully saturated rings. The van der Waals surface area contributed by atoms with Crippen LogP contribution in [0.4, 0.5) is 0 Å². The van der Waals surface area contributed by atoms with Crippen LogP contribution in [0, 0.1) is 0 Å². The van der Waals surface area contributed by atoms with Gasteiger partial charge < -0.3 is 48.0 Å². The van der Waals surface area contributed by atoms with Gasteiger partial charge in [-0.05, 0) is 77.2 Å². The van der Waals surface area contributed by atoms with Crippen LogP contribution in [0.2, 0.25) is 0 Å². The minimum absolute atomic E-state index is 0. The van der Waals surface area contributed by atoms with Crippen molar-refractivity contribution in [3.8, 4) is 67.3 Å². The van der Waals surface area contributed by atoms with Crippen LogP contribution in [0.15, 0.2) is 206 Å². The number of hydrogen-bond acceptors (Lipinski definition) is 0. The van der Waals surface area contributed by atoms with E-state index < -0.39 is 0 Å². The molecule has 2 heterocycles. The lowest BCUT2D eigenvalue weighted by molar-refractivity contribution is -0.679. The number of unbranched alkanes of at least 4 members (excludes halogenated alkanes) is 2. The van der Waals surface area contributed by atoms with E-state index in [1.54, 1.807) is 0 Å². The van der Waals surface area contributed by atoms with E-state index in [1.165, 1.54) is 67.3 Å². The van der Waals surface area contributed by atoms with Crippen LogP contribution < -0.4 is 57.1 Å². The van der Waals surface area contributed by atoms with Gasteiger partial charge in [0.2, 0.25) is 22.8 Å². The second-order valence-electron chi connectivity index (χ2n) is 13.6. The number of nitrogens with zero attached hydrogens (tertiary/aromatic N) is 2. The standard InChI is InChI=1S/C51H44N2.2HI/c1-8-22-40(23-9-1)46-36-48(42-26-12-3-13-27-42)52(49(37-46)43-28-14-4-15-29-43)34-20-7-21-35-53-50(44-30-16-5-17-31-44)38-47(41-24-10-2-11-25-41)39-51(53)45-32-18-6-19-33-45;;/h1-6,8-19,22-33,36-39H,7,20-21,34-35H2;2*1H/q+2;;/p-2. The Morgan fingerprint density at radius 2 is 0.455 bits per heavy atom. The third-order valence-electron chi connectivity index (χ3n) is 10.1. The fourth-order valence-electron chi connectivity index (χ4n) is 7.43. The first kappa shape index (κ1) is 39.8. The van der Waals surface area contributed by atoms with Gasteiger partial charge in [-0.15, -0.1) is 0 Å². The number of aromatic nitrogens is 2.